The smallest absolute Gasteiger partial charge is 0.258 e. The Morgan fingerprint density at radius 3 is 2.48 bits per heavy atom. The zero-order chi connectivity index (χ0) is 21.4. The summed E-state index contributed by atoms with van der Waals surface area (Å²) >= 11 is 6.08. The van der Waals surface area contributed by atoms with Gasteiger partial charge in [-0.1, -0.05) is 60.1 Å². The minimum absolute atomic E-state index is 0.0565. The first-order chi connectivity index (χ1) is 15.0. The lowest BCUT2D eigenvalue weighted by molar-refractivity contribution is 0.0327. The van der Waals surface area contributed by atoms with E-state index in [0.29, 0.717) is 25.9 Å². The lowest BCUT2D eigenvalue weighted by Gasteiger charge is -2.42. The second-order valence-corrected chi connectivity index (χ2v) is 8.41. The number of piperidine rings is 1. The van der Waals surface area contributed by atoms with Gasteiger partial charge < -0.3 is 9.64 Å². The predicted molar refractivity (Wildman–Crippen MR) is 121 cm³/mol. The highest BCUT2D eigenvalue weighted by Gasteiger charge is 2.38. The van der Waals surface area contributed by atoms with Gasteiger partial charge in [0, 0.05) is 31.5 Å². The van der Waals surface area contributed by atoms with Crippen LogP contribution in [0, 0.1) is 5.82 Å². The van der Waals surface area contributed by atoms with Crippen molar-refractivity contribution in [1.82, 2.24) is 4.90 Å². The molecule has 5 rings (SSSR count). The van der Waals surface area contributed by atoms with Gasteiger partial charge in [-0.2, -0.15) is 0 Å². The van der Waals surface area contributed by atoms with E-state index in [1.807, 2.05) is 24.3 Å². The number of ether oxygens (including phenoxy) is 1. The number of nitrogens with zero attached hydrogens (tertiary/aromatic N) is 1. The van der Waals surface area contributed by atoms with E-state index in [4.69, 9.17) is 16.3 Å². The SMILES string of the molecule is O=C(c1c(F)cccc1Cl)N1CCC2(C=Cc3cc(-c4ccccc4)ccc3O2)CC1. The molecule has 2 heterocycles. The standard InChI is InChI=1S/C26H21ClFNO2/c27-21-7-4-8-22(28)24(21)25(30)29-15-13-26(14-16-29)12-11-20-17-19(9-10-23(20)31-26)18-5-2-1-3-6-18/h1-12,17H,13-16H2. The molecule has 2 aliphatic rings. The molecule has 1 spiro atoms. The molecule has 31 heavy (non-hydrogen) atoms. The van der Waals surface area contributed by atoms with Gasteiger partial charge in [0.05, 0.1) is 10.6 Å². The van der Waals surface area contributed by atoms with Gasteiger partial charge in [0.25, 0.3) is 5.91 Å². The Balaban J connectivity index is 1.31. The molecule has 1 amide bonds. The van der Waals surface area contributed by atoms with Gasteiger partial charge in [-0.05, 0) is 41.5 Å². The molecule has 3 aromatic rings. The molecule has 2 aliphatic heterocycles. The molecular weight excluding hydrogens is 413 g/mol. The maximum atomic E-state index is 14.2. The van der Waals surface area contributed by atoms with Crippen molar-refractivity contribution in [2.75, 3.05) is 13.1 Å². The molecule has 3 nitrogen and oxygen atoms in total. The third kappa shape index (κ3) is 3.72. The Morgan fingerprint density at radius 2 is 1.74 bits per heavy atom. The number of hydrogen-bond donors (Lipinski definition) is 0. The van der Waals surface area contributed by atoms with Crippen LogP contribution in [0.4, 0.5) is 4.39 Å². The largest absolute Gasteiger partial charge is 0.482 e. The van der Waals surface area contributed by atoms with Crippen molar-refractivity contribution in [2.45, 2.75) is 18.4 Å². The normalized spacial score (nSPS) is 16.6. The van der Waals surface area contributed by atoms with Gasteiger partial charge in [0.1, 0.15) is 17.2 Å². The molecule has 1 saturated heterocycles. The van der Waals surface area contributed by atoms with Crippen molar-refractivity contribution >= 4 is 23.6 Å². The van der Waals surface area contributed by atoms with E-state index in [1.165, 1.54) is 18.2 Å². The lowest BCUT2D eigenvalue weighted by Crippen LogP contribution is -2.49. The fourth-order valence-corrected chi connectivity index (χ4v) is 4.54. The van der Waals surface area contributed by atoms with Crippen LogP contribution in [0.3, 0.4) is 0 Å². The number of amides is 1. The summed E-state index contributed by atoms with van der Waals surface area (Å²) in [5.41, 5.74) is 2.85. The van der Waals surface area contributed by atoms with Crippen LogP contribution in [-0.2, 0) is 0 Å². The lowest BCUT2D eigenvalue weighted by atomic mass is 9.87. The molecule has 0 aromatic heterocycles. The summed E-state index contributed by atoms with van der Waals surface area (Å²) in [6.07, 6.45) is 5.49. The maximum Gasteiger partial charge on any atom is 0.258 e. The maximum absolute atomic E-state index is 14.2. The summed E-state index contributed by atoms with van der Waals surface area (Å²) < 4.78 is 20.6. The summed E-state index contributed by atoms with van der Waals surface area (Å²) in [6, 6.07) is 20.8. The predicted octanol–water partition coefficient (Wildman–Crippen LogP) is 6.23. The van der Waals surface area contributed by atoms with Gasteiger partial charge in [-0.25, -0.2) is 4.39 Å². The molecule has 5 heteroatoms. The molecule has 0 saturated carbocycles. The molecule has 0 unspecified atom stereocenters. The van der Waals surface area contributed by atoms with Crippen LogP contribution in [0.2, 0.25) is 5.02 Å². The van der Waals surface area contributed by atoms with E-state index in [1.54, 1.807) is 4.90 Å². The zero-order valence-corrected chi connectivity index (χ0v) is 17.6. The highest BCUT2D eigenvalue weighted by Crippen LogP contribution is 2.39. The van der Waals surface area contributed by atoms with E-state index >= 15 is 0 Å². The molecule has 3 aromatic carbocycles. The van der Waals surface area contributed by atoms with E-state index in [2.05, 4.69) is 36.4 Å². The van der Waals surface area contributed by atoms with Crippen LogP contribution in [0.1, 0.15) is 28.8 Å². The number of rotatable bonds is 2. The number of hydrogen-bond acceptors (Lipinski definition) is 2. The summed E-state index contributed by atoms with van der Waals surface area (Å²) in [6.45, 7) is 0.955. The second-order valence-electron chi connectivity index (χ2n) is 8.01. The molecule has 0 bridgehead atoms. The summed E-state index contributed by atoms with van der Waals surface area (Å²) in [7, 11) is 0. The van der Waals surface area contributed by atoms with Gasteiger partial charge in [-0.3, -0.25) is 4.79 Å². The number of carbonyl (C=O) groups is 1. The first-order valence-corrected chi connectivity index (χ1v) is 10.7. The molecule has 1 fully saturated rings. The van der Waals surface area contributed by atoms with Gasteiger partial charge in [0.15, 0.2) is 0 Å². The van der Waals surface area contributed by atoms with Crippen LogP contribution in [0.5, 0.6) is 5.75 Å². The Kier molecular flexibility index (Phi) is 5.03. The molecule has 0 aliphatic carbocycles. The fourth-order valence-electron chi connectivity index (χ4n) is 4.29. The van der Waals surface area contributed by atoms with E-state index in [9.17, 15) is 9.18 Å². The molecule has 0 atom stereocenters. The monoisotopic (exact) mass is 433 g/mol. The highest BCUT2D eigenvalue weighted by molar-refractivity contribution is 6.33. The van der Waals surface area contributed by atoms with Crippen LogP contribution >= 0.6 is 11.6 Å². The van der Waals surface area contributed by atoms with Gasteiger partial charge >= 0.3 is 0 Å². The average Bonchev–Trinajstić information content (AvgIpc) is 2.80. The Morgan fingerprint density at radius 1 is 0.968 bits per heavy atom. The first kappa shape index (κ1) is 19.8. The van der Waals surface area contributed by atoms with Gasteiger partial charge in [0.2, 0.25) is 0 Å². The number of likely N-dealkylation sites (tertiary alicyclic amines) is 1. The molecule has 0 N–H and O–H groups in total. The van der Waals surface area contributed by atoms with Crippen LogP contribution in [0.25, 0.3) is 17.2 Å². The molecule has 0 radical (unpaired) electrons. The molecule has 156 valence electrons. The quantitative estimate of drug-likeness (QED) is 0.479. The number of fused-ring (bicyclic) bond motifs is 1. The Hall–Kier alpha value is -3.11. The van der Waals surface area contributed by atoms with Crippen molar-refractivity contribution in [3.8, 4) is 16.9 Å². The summed E-state index contributed by atoms with van der Waals surface area (Å²) in [5, 5.41) is 0.141. The minimum Gasteiger partial charge on any atom is -0.482 e. The van der Waals surface area contributed by atoms with Crippen LogP contribution in [0.15, 0.2) is 72.8 Å². The Bertz CT molecular complexity index is 1150. The third-order valence-electron chi connectivity index (χ3n) is 6.07. The van der Waals surface area contributed by atoms with E-state index in [-0.39, 0.29) is 16.5 Å². The average molecular weight is 434 g/mol. The van der Waals surface area contributed by atoms with Crippen molar-refractivity contribution in [1.29, 1.82) is 0 Å². The van der Waals surface area contributed by atoms with E-state index < -0.39 is 11.4 Å². The summed E-state index contributed by atoms with van der Waals surface area (Å²) in [4.78, 5) is 14.5. The fraction of sp³-hybridized carbons (Fsp3) is 0.192. The van der Waals surface area contributed by atoms with E-state index in [0.717, 1.165) is 22.4 Å². The number of halogens is 2. The van der Waals surface area contributed by atoms with Crippen molar-refractivity contribution in [3.63, 3.8) is 0 Å². The third-order valence-corrected chi connectivity index (χ3v) is 6.39. The summed E-state index contributed by atoms with van der Waals surface area (Å²) in [5.74, 6) is -0.112. The Labute approximate surface area is 185 Å². The van der Waals surface area contributed by atoms with Crippen LogP contribution < -0.4 is 4.74 Å². The second kappa shape index (κ2) is 7.86. The van der Waals surface area contributed by atoms with Crippen molar-refractivity contribution < 1.29 is 13.9 Å². The topological polar surface area (TPSA) is 29.5 Å². The van der Waals surface area contributed by atoms with Crippen molar-refractivity contribution in [3.05, 3.63) is 94.8 Å². The highest BCUT2D eigenvalue weighted by atomic mass is 35.5. The zero-order valence-electron chi connectivity index (χ0n) is 16.9. The number of carbonyl (C=O) groups excluding carboxylic acids is 1. The van der Waals surface area contributed by atoms with Crippen LogP contribution in [-0.4, -0.2) is 29.5 Å². The first-order valence-electron chi connectivity index (χ1n) is 10.4. The molecular formula is C26H21ClFNO2. The van der Waals surface area contributed by atoms with Crippen molar-refractivity contribution in [2.24, 2.45) is 0 Å². The number of benzene rings is 3. The van der Waals surface area contributed by atoms with Gasteiger partial charge in [-0.15, -0.1) is 0 Å². The minimum atomic E-state index is -0.588.